The standard InChI is InChI=1S/C13H17F3N2/c1-10-3-4-11(9-12(10)13(14,15)16)18-7-2-5-17-6-8-18/h3-4,9,17H,2,5-8H2,1H3. The highest BCUT2D eigenvalue weighted by Gasteiger charge is 2.32. The van der Waals surface area contributed by atoms with Crippen LogP contribution in [0.1, 0.15) is 17.5 Å². The summed E-state index contributed by atoms with van der Waals surface area (Å²) in [4.78, 5) is 2.01. The van der Waals surface area contributed by atoms with Gasteiger partial charge in [0.25, 0.3) is 0 Å². The molecule has 1 aliphatic heterocycles. The van der Waals surface area contributed by atoms with Gasteiger partial charge < -0.3 is 10.2 Å². The van der Waals surface area contributed by atoms with E-state index in [0.29, 0.717) is 5.69 Å². The molecule has 1 aromatic carbocycles. The summed E-state index contributed by atoms with van der Waals surface area (Å²) in [5.74, 6) is 0. The molecule has 100 valence electrons. The predicted molar refractivity (Wildman–Crippen MR) is 65.9 cm³/mol. The number of alkyl halides is 3. The maximum absolute atomic E-state index is 12.8. The van der Waals surface area contributed by atoms with Crippen molar-refractivity contribution in [2.45, 2.75) is 19.5 Å². The first-order valence-corrected chi connectivity index (χ1v) is 6.12. The number of benzene rings is 1. The highest BCUT2D eigenvalue weighted by molar-refractivity contribution is 5.51. The molecule has 1 N–H and O–H groups in total. The molecular weight excluding hydrogens is 241 g/mol. The third-order valence-electron chi connectivity index (χ3n) is 3.23. The Bertz CT molecular complexity index is 407. The molecule has 1 aliphatic rings. The molecule has 1 aromatic rings. The number of hydrogen-bond acceptors (Lipinski definition) is 2. The van der Waals surface area contributed by atoms with E-state index in [0.717, 1.165) is 32.6 Å². The van der Waals surface area contributed by atoms with Crippen molar-refractivity contribution < 1.29 is 13.2 Å². The molecule has 18 heavy (non-hydrogen) atoms. The molecule has 1 saturated heterocycles. The van der Waals surface area contributed by atoms with Crippen LogP contribution in [0.3, 0.4) is 0 Å². The van der Waals surface area contributed by atoms with Crippen LogP contribution in [-0.2, 0) is 6.18 Å². The number of halogens is 3. The van der Waals surface area contributed by atoms with Gasteiger partial charge in [0.2, 0.25) is 0 Å². The SMILES string of the molecule is Cc1ccc(N2CCCNCC2)cc1C(F)(F)F. The van der Waals surface area contributed by atoms with E-state index >= 15 is 0 Å². The maximum Gasteiger partial charge on any atom is 0.416 e. The summed E-state index contributed by atoms with van der Waals surface area (Å²) in [6, 6.07) is 4.59. The molecule has 1 fully saturated rings. The van der Waals surface area contributed by atoms with Gasteiger partial charge in [0.1, 0.15) is 0 Å². The summed E-state index contributed by atoms with van der Waals surface area (Å²) in [6.45, 7) is 4.79. The molecule has 0 amide bonds. The van der Waals surface area contributed by atoms with Crippen molar-refractivity contribution >= 4 is 5.69 Å². The number of nitrogens with zero attached hydrogens (tertiary/aromatic N) is 1. The minimum absolute atomic E-state index is 0.277. The highest BCUT2D eigenvalue weighted by Crippen LogP contribution is 2.34. The first kappa shape index (κ1) is 13.2. The monoisotopic (exact) mass is 258 g/mol. The van der Waals surface area contributed by atoms with Crippen molar-refractivity contribution in [3.8, 4) is 0 Å². The Morgan fingerprint density at radius 1 is 1.17 bits per heavy atom. The van der Waals surface area contributed by atoms with E-state index < -0.39 is 11.7 Å². The second kappa shape index (κ2) is 5.18. The van der Waals surface area contributed by atoms with Gasteiger partial charge in [0.15, 0.2) is 0 Å². The van der Waals surface area contributed by atoms with Gasteiger partial charge in [-0.3, -0.25) is 0 Å². The van der Waals surface area contributed by atoms with Crippen LogP contribution in [0.2, 0.25) is 0 Å². The summed E-state index contributed by atoms with van der Waals surface area (Å²) in [5, 5.41) is 3.24. The number of hydrogen-bond donors (Lipinski definition) is 1. The topological polar surface area (TPSA) is 15.3 Å². The predicted octanol–water partition coefficient (Wildman–Crippen LogP) is 2.81. The third kappa shape index (κ3) is 2.96. The Kier molecular flexibility index (Phi) is 3.80. The van der Waals surface area contributed by atoms with Crippen molar-refractivity contribution in [1.82, 2.24) is 5.32 Å². The van der Waals surface area contributed by atoms with Crippen LogP contribution >= 0.6 is 0 Å². The smallest absolute Gasteiger partial charge is 0.370 e. The van der Waals surface area contributed by atoms with Gasteiger partial charge in [0.05, 0.1) is 5.56 Å². The summed E-state index contributed by atoms with van der Waals surface area (Å²) in [7, 11) is 0. The molecule has 0 spiro atoms. The van der Waals surface area contributed by atoms with Crippen LogP contribution in [0.5, 0.6) is 0 Å². The van der Waals surface area contributed by atoms with E-state index in [1.54, 1.807) is 12.1 Å². The molecule has 0 aromatic heterocycles. The normalized spacial score (nSPS) is 17.7. The largest absolute Gasteiger partial charge is 0.416 e. The van der Waals surface area contributed by atoms with Crippen LogP contribution in [0.25, 0.3) is 0 Å². The summed E-state index contributed by atoms with van der Waals surface area (Å²) < 4.78 is 38.5. The zero-order chi connectivity index (χ0) is 13.2. The van der Waals surface area contributed by atoms with Crippen LogP contribution in [-0.4, -0.2) is 26.2 Å². The molecule has 0 unspecified atom stereocenters. The fourth-order valence-corrected chi connectivity index (χ4v) is 2.22. The summed E-state index contributed by atoms with van der Waals surface area (Å²) in [6.07, 6.45) is -3.32. The van der Waals surface area contributed by atoms with Crippen LogP contribution in [0, 0.1) is 6.92 Å². The van der Waals surface area contributed by atoms with E-state index in [1.165, 1.54) is 13.0 Å². The lowest BCUT2D eigenvalue weighted by molar-refractivity contribution is -0.138. The maximum atomic E-state index is 12.8. The zero-order valence-electron chi connectivity index (χ0n) is 10.3. The lowest BCUT2D eigenvalue weighted by Crippen LogP contribution is -2.28. The van der Waals surface area contributed by atoms with Crippen LogP contribution < -0.4 is 10.2 Å². The van der Waals surface area contributed by atoms with Crippen molar-refractivity contribution in [2.24, 2.45) is 0 Å². The molecule has 0 atom stereocenters. The Morgan fingerprint density at radius 2 is 1.94 bits per heavy atom. The molecule has 2 rings (SSSR count). The average Bonchev–Trinajstić information content (AvgIpc) is 2.56. The number of anilines is 1. The van der Waals surface area contributed by atoms with Crippen LogP contribution in [0.15, 0.2) is 18.2 Å². The zero-order valence-corrected chi connectivity index (χ0v) is 10.3. The number of rotatable bonds is 1. The molecule has 2 nitrogen and oxygen atoms in total. The first-order valence-electron chi connectivity index (χ1n) is 6.12. The van der Waals surface area contributed by atoms with Gasteiger partial charge in [-0.1, -0.05) is 6.07 Å². The molecule has 0 radical (unpaired) electrons. The van der Waals surface area contributed by atoms with E-state index in [2.05, 4.69) is 5.32 Å². The number of nitrogens with one attached hydrogen (secondary N) is 1. The van der Waals surface area contributed by atoms with Crippen molar-refractivity contribution in [1.29, 1.82) is 0 Å². The lowest BCUT2D eigenvalue weighted by Gasteiger charge is -2.24. The van der Waals surface area contributed by atoms with E-state index in [-0.39, 0.29) is 5.56 Å². The van der Waals surface area contributed by atoms with E-state index in [1.807, 2.05) is 4.90 Å². The van der Waals surface area contributed by atoms with Gasteiger partial charge in [-0.2, -0.15) is 13.2 Å². The van der Waals surface area contributed by atoms with E-state index in [9.17, 15) is 13.2 Å². The van der Waals surface area contributed by atoms with Crippen molar-refractivity contribution in [3.63, 3.8) is 0 Å². The van der Waals surface area contributed by atoms with E-state index in [4.69, 9.17) is 0 Å². The third-order valence-corrected chi connectivity index (χ3v) is 3.23. The average molecular weight is 258 g/mol. The van der Waals surface area contributed by atoms with Gasteiger partial charge in [-0.25, -0.2) is 0 Å². The second-order valence-electron chi connectivity index (χ2n) is 4.59. The van der Waals surface area contributed by atoms with Crippen molar-refractivity contribution in [2.75, 3.05) is 31.1 Å². The van der Waals surface area contributed by atoms with Gasteiger partial charge in [-0.05, 0) is 37.6 Å². The first-order chi connectivity index (χ1) is 8.48. The molecule has 1 heterocycles. The molecular formula is C13H17F3N2. The highest BCUT2D eigenvalue weighted by atomic mass is 19.4. The fraction of sp³-hybridized carbons (Fsp3) is 0.538. The minimum atomic E-state index is -4.27. The Balaban J connectivity index is 2.28. The molecule has 5 heteroatoms. The van der Waals surface area contributed by atoms with Crippen molar-refractivity contribution in [3.05, 3.63) is 29.3 Å². The Morgan fingerprint density at radius 3 is 2.67 bits per heavy atom. The summed E-state index contributed by atoms with van der Waals surface area (Å²) in [5.41, 5.74) is 0.410. The van der Waals surface area contributed by atoms with Gasteiger partial charge in [-0.15, -0.1) is 0 Å². The summed E-state index contributed by atoms with van der Waals surface area (Å²) >= 11 is 0. The Labute approximate surface area is 105 Å². The molecule has 0 saturated carbocycles. The minimum Gasteiger partial charge on any atom is -0.370 e. The quantitative estimate of drug-likeness (QED) is 0.833. The number of aryl methyl sites for hydroxylation is 1. The molecule has 0 bridgehead atoms. The second-order valence-corrected chi connectivity index (χ2v) is 4.59. The lowest BCUT2D eigenvalue weighted by atomic mass is 10.1. The Hall–Kier alpha value is -1.23. The van der Waals surface area contributed by atoms with Crippen LogP contribution in [0.4, 0.5) is 18.9 Å². The van der Waals surface area contributed by atoms with Gasteiger partial charge >= 0.3 is 6.18 Å². The molecule has 0 aliphatic carbocycles. The fourth-order valence-electron chi connectivity index (χ4n) is 2.22. The van der Waals surface area contributed by atoms with Gasteiger partial charge in [0, 0.05) is 25.3 Å².